The summed E-state index contributed by atoms with van der Waals surface area (Å²) in [6.07, 6.45) is -5.46. The third-order valence-corrected chi connectivity index (χ3v) is 3.36. The molecule has 0 aliphatic carbocycles. The molecule has 1 unspecified atom stereocenters. The molecule has 6 heteroatoms. The van der Waals surface area contributed by atoms with Gasteiger partial charge >= 0.3 is 0 Å². The van der Waals surface area contributed by atoms with E-state index in [0.717, 1.165) is 5.56 Å². The first kappa shape index (κ1) is 15.4. The highest BCUT2D eigenvalue weighted by atomic mass is 16.7. The summed E-state index contributed by atoms with van der Waals surface area (Å²) >= 11 is 0. The van der Waals surface area contributed by atoms with Gasteiger partial charge in [0, 0.05) is 0 Å². The molecule has 1 heterocycles. The van der Waals surface area contributed by atoms with E-state index in [1.807, 2.05) is 30.3 Å². The third-order valence-electron chi connectivity index (χ3n) is 3.36. The molecule has 1 aromatic carbocycles. The Morgan fingerprint density at radius 3 is 2.35 bits per heavy atom. The Morgan fingerprint density at radius 2 is 1.70 bits per heavy atom. The molecule has 6 nitrogen and oxygen atoms in total. The van der Waals surface area contributed by atoms with Crippen molar-refractivity contribution < 1.29 is 29.9 Å². The third kappa shape index (κ3) is 3.54. The molecule has 0 spiro atoms. The first-order valence-electron chi connectivity index (χ1n) is 6.59. The Hall–Kier alpha value is -1.02. The maximum Gasteiger partial charge on any atom is 0.186 e. The van der Waals surface area contributed by atoms with Gasteiger partial charge in [-0.05, 0) is 12.0 Å². The van der Waals surface area contributed by atoms with Gasteiger partial charge < -0.3 is 29.9 Å². The second-order valence-electron chi connectivity index (χ2n) is 4.80. The zero-order chi connectivity index (χ0) is 14.5. The van der Waals surface area contributed by atoms with Crippen molar-refractivity contribution in [1.29, 1.82) is 0 Å². The van der Waals surface area contributed by atoms with E-state index in [9.17, 15) is 15.3 Å². The number of aliphatic hydroxyl groups excluding tert-OH is 4. The summed E-state index contributed by atoms with van der Waals surface area (Å²) in [5.41, 5.74) is 1.08. The predicted molar refractivity (Wildman–Crippen MR) is 69.9 cm³/mol. The van der Waals surface area contributed by atoms with E-state index in [0.29, 0.717) is 13.0 Å². The van der Waals surface area contributed by atoms with Crippen LogP contribution in [0.1, 0.15) is 5.56 Å². The van der Waals surface area contributed by atoms with E-state index < -0.39 is 37.3 Å². The van der Waals surface area contributed by atoms with Crippen LogP contribution in [0.15, 0.2) is 30.3 Å². The molecule has 4 N–H and O–H groups in total. The minimum atomic E-state index is -1.40. The zero-order valence-corrected chi connectivity index (χ0v) is 11.0. The number of hydrogen-bond donors (Lipinski definition) is 4. The van der Waals surface area contributed by atoms with Crippen LogP contribution in [0.25, 0.3) is 0 Å². The molecule has 0 amide bonds. The monoisotopic (exact) mass is 284 g/mol. The van der Waals surface area contributed by atoms with Crippen molar-refractivity contribution in [2.75, 3.05) is 13.2 Å². The highest BCUT2D eigenvalue weighted by Crippen LogP contribution is 2.22. The lowest BCUT2D eigenvalue weighted by molar-refractivity contribution is -0.300. The topological polar surface area (TPSA) is 99.4 Å². The summed E-state index contributed by atoms with van der Waals surface area (Å²) in [7, 11) is 0. The smallest absolute Gasteiger partial charge is 0.186 e. The van der Waals surface area contributed by atoms with E-state index >= 15 is 0 Å². The lowest BCUT2D eigenvalue weighted by Gasteiger charge is -2.39. The minimum Gasteiger partial charge on any atom is -0.394 e. The van der Waals surface area contributed by atoms with Gasteiger partial charge in [-0.25, -0.2) is 0 Å². The van der Waals surface area contributed by atoms with E-state index in [-0.39, 0.29) is 0 Å². The molecular weight excluding hydrogens is 264 g/mol. The summed E-state index contributed by atoms with van der Waals surface area (Å²) in [6.45, 7) is -0.157. The van der Waals surface area contributed by atoms with E-state index in [1.54, 1.807) is 0 Å². The molecule has 5 atom stereocenters. The van der Waals surface area contributed by atoms with Crippen LogP contribution < -0.4 is 0 Å². The Kier molecular flexibility index (Phi) is 5.47. The molecule has 1 saturated heterocycles. The Bertz CT molecular complexity index is 396. The number of benzene rings is 1. The quantitative estimate of drug-likeness (QED) is 0.556. The van der Waals surface area contributed by atoms with Crippen LogP contribution in [-0.4, -0.2) is 64.3 Å². The first-order valence-corrected chi connectivity index (χ1v) is 6.59. The SMILES string of the molecule is OC[C@H]1OC(OCCc2ccccc2)[C@H](O)[C@@H](O)[C@@H]1O. The molecule has 0 bridgehead atoms. The van der Waals surface area contributed by atoms with Gasteiger partial charge in [-0.3, -0.25) is 0 Å². The van der Waals surface area contributed by atoms with Crippen LogP contribution in [0.3, 0.4) is 0 Å². The summed E-state index contributed by atoms with van der Waals surface area (Å²) in [4.78, 5) is 0. The Balaban J connectivity index is 1.85. The summed E-state index contributed by atoms with van der Waals surface area (Å²) in [5.74, 6) is 0. The van der Waals surface area contributed by atoms with Crippen molar-refractivity contribution in [3.63, 3.8) is 0 Å². The molecule has 0 radical (unpaired) electrons. The molecule has 1 aromatic rings. The molecule has 1 aliphatic heterocycles. The fourth-order valence-corrected chi connectivity index (χ4v) is 2.14. The van der Waals surface area contributed by atoms with Crippen LogP contribution in [0.4, 0.5) is 0 Å². The zero-order valence-electron chi connectivity index (χ0n) is 11.0. The van der Waals surface area contributed by atoms with Crippen molar-refractivity contribution in [2.24, 2.45) is 0 Å². The second-order valence-corrected chi connectivity index (χ2v) is 4.80. The van der Waals surface area contributed by atoms with Gasteiger partial charge in [0.25, 0.3) is 0 Å². The highest BCUT2D eigenvalue weighted by Gasteiger charge is 2.43. The number of rotatable bonds is 5. The average molecular weight is 284 g/mol. The van der Waals surface area contributed by atoms with Gasteiger partial charge in [-0.1, -0.05) is 30.3 Å². The summed E-state index contributed by atoms with van der Waals surface area (Å²) in [5, 5.41) is 38.1. The lowest BCUT2D eigenvalue weighted by atomic mass is 9.99. The first-order chi connectivity index (χ1) is 9.63. The maximum absolute atomic E-state index is 9.78. The standard InChI is InChI=1S/C14H20O6/c15-8-10-11(16)12(17)13(18)14(20-10)19-7-6-9-4-2-1-3-5-9/h1-5,10-18H,6-8H2/t10-,11-,12+,13-,14?/m1/s1. The van der Waals surface area contributed by atoms with Crippen molar-refractivity contribution in [1.82, 2.24) is 0 Å². The number of hydrogen-bond acceptors (Lipinski definition) is 6. The van der Waals surface area contributed by atoms with Gasteiger partial charge in [-0.15, -0.1) is 0 Å². The van der Waals surface area contributed by atoms with Gasteiger partial charge in [0.05, 0.1) is 13.2 Å². The number of ether oxygens (including phenoxy) is 2. The molecule has 20 heavy (non-hydrogen) atoms. The molecule has 1 aliphatic rings. The molecule has 0 saturated carbocycles. The van der Waals surface area contributed by atoms with E-state index in [1.165, 1.54) is 0 Å². The van der Waals surface area contributed by atoms with Crippen molar-refractivity contribution in [3.8, 4) is 0 Å². The summed E-state index contributed by atoms with van der Waals surface area (Å²) < 4.78 is 10.6. The van der Waals surface area contributed by atoms with Crippen LogP contribution in [-0.2, 0) is 15.9 Å². The van der Waals surface area contributed by atoms with Crippen molar-refractivity contribution >= 4 is 0 Å². The van der Waals surface area contributed by atoms with E-state index in [2.05, 4.69) is 0 Å². The Morgan fingerprint density at radius 1 is 1.00 bits per heavy atom. The fourth-order valence-electron chi connectivity index (χ4n) is 2.14. The summed E-state index contributed by atoms with van der Waals surface area (Å²) in [6, 6.07) is 9.67. The Labute approximate surface area is 117 Å². The largest absolute Gasteiger partial charge is 0.394 e. The molecule has 2 rings (SSSR count). The fraction of sp³-hybridized carbons (Fsp3) is 0.571. The van der Waals surface area contributed by atoms with Gasteiger partial charge in [0.2, 0.25) is 0 Å². The van der Waals surface area contributed by atoms with Crippen LogP contribution in [0, 0.1) is 0 Å². The van der Waals surface area contributed by atoms with Gasteiger partial charge in [-0.2, -0.15) is 0 Å². The maximum atomic E-state index is 9.78. The molecular formula is C14H20O6. The van der Waals surface area contributed by atoms with Gasteiger partial charge in [0.15, 0.2) is 6.29 Å². The minimum absolute atomic E-state index is 0.298. The lowest BCUT2D eigenvalue weighted by Crippen LogP contribution is -2.59. The second kappa shape index (κ2) is 7.12. The van der Waals surface area contributed by atoms with Crippen LogP contribution >= 0.6 is 0 Å². The normalized spacial score (nSPS) is 34.1. The van der Waals surface area contributed by atoms with Crippen LogP contribution in [0.2, 0.25) is 0 Å². The number of aliphatic hydroxyl groups is 4. The highest BCUT2D eigenvalue weighted by molar-refractivity contribution is 5.14. The molecule has 112 valence electrons. The average Bonchev–Trinajstić information content (AvgIpc) is 2.48. The molecule has 1 fully saturated rings. The van der Waals surface area contributed by atoms with Crippen molar-refractivity contribution in [3.05, 3.63) is 35.9 Å². The van der Waals surface area contributed by atoms with Crippen LogP contribution in [0.5, 0.6) is 0 Å². The molecule has 0 aromatic heterocycles. The van der Waals surface area contributed by atoms with E-state index in [4.69, 9.17) is 14.6 Å². The van der Waals surface area contributed by atoms with Crippen molar-refractivity contribution in [2.45, 2.75) is 37.1 Å². The van der Waals surface area contributed by atoms with Gasteiger partial charge in [0.1, 0.15) is 24.4 Å². The predicted octanol–water partition coefficient (Wildman–Crippen LogP) is -0.954.